The summed E-state index contributed by atoms with van der Waals surface area (Å²) < 4.78 is 25.7. The van der Waals surface area contributed by atoms with Crippen molar-refractivity contribution in [1.82, 2.24) is 9.62 Å². The number of nitrogens with one attached hydrogen (secondary N) is 1. The molecule has 7 nitrogen and oxygen atoms in total. The van der Waals surface area contributed by atoms with Gasteiger partial charge in [0.25, 0.3) is 0 Å². The summed E-state index contributed by atoms with van der Waals surface area (Å²) in [6.07, 6.45) is 1.17. The normalized spacial score (nSPS) is 17.6. The lowest BCUT2D eigenvalue weighted by Crippen LogP contribution is -2.53. The molecule has 1 aliphatic rings. The van der Waals surface area contributed by atoms with E-state index in [0.29, 0.717) is 32.4 Å². The maximum absolute atomic E-state index is 13.0. The number of carbonyl (C=O) groups excluding carboxylic acids is 1. The third-order valence-electron chi connectivity index (χ3n) is 4.95. The van der Waals surface area contributed by atoms with Gasteiger partial charge in [0.15, 0.2) is 0 Å². The minimum atomic E-state index is -3.27. The van der Waals surface area contributed by atoms with Crippen LogP contribution in [0.5, 0.6) is 0 Å². The number of piperidine rings is 1. The highest BCUT2D eigenvalue weighted by molar-refractivity contribution is 7.89. The Labute approximate surface area is 154 Å². The van der Waals surface area contributed by atoms with Crippen LogP contribution < -0.4 is 5.32 Å². The van der Waals surface area contributed by atoms with E-state index in [4.69, 9.17) is 5.11 Å². The number of hydrogen-bond acceptors (Lipinski definition) is 4. The second kappa shape index (κ2) is 8.64. The molecule has 1 saturated heterocycles. The van der Waals surface area contributed by atoms with Gasteiger partial charge in [0.05, 0.1) is 11.2 Å². The fraction of sp³-hybridized carbons (Fsp3) is 0.556. The minimum Gasteiger partial charge on any atom is -0.481 e. The van der Waals surface area contributed by atoms with E-state index in [-0.39, 0.29) is 24.6 Å². The number of carboxylic acids is 1. The van der Waals surface area contributed by atoms with Crippen molar-refractivity contribution in [2.75, 3.05) is 25.4 Å². The number of rotatable bonds is 8. The number of nitrogens with zero attached hydrogens (tertiary/aromatic N) is 1. The average Bonchev–Trinajstić information content (AvgIpc) is 2.65. The number of carboxylic acid groups (broad SMARTS) is 1. The van der Waals surface area contributed by atoms with Crippen LogP contribution in [0.25, 0.3) is 0 Å². The quantitative estimate of drug-likeness (QED) is 0.661. The van der Waals surface area contributed by atoms with Gasteiger partial charge in [0.1, 0.15) is 0 Å². The Balaban J connectivity index is 2.15. The molecule has 144 valence electrons. The maximum Gasteiger partial charge on any atom is 0.303 e. The molecule has 1 heterocycles. The minimum absolute atomic E-state index is 0.00113. The lowest BCUT2D eigenvalue weighted by atomic mass is 9.72. The predicted octanol–water partition coefficient (Wildman–Crippen LogP) is 1.35. The Morgan fingerprint density at radius 1 is 1.19 bits per heavy atom. The van der Waals surface area contributed by atoms with Crippen LogP contribution in [0, 0.1) is 0 Å². The van der Waals surface area contributed by atoms with Crippen LogP contribution in [-0.4, -0.2) is 55.1 Å². The van der Waals surface area contributed by atoms with Crippen molar-refractivity contribution >= 4 is 21.9 Å². The van der Waals surface area contributed by atoms with E-state index in [1.165, 1.54) is 4.31 Å². The standard InChI is InChI=1S/C18H26N2O5S/c1-2-26(24,25)20-13-10-18(11-14-20,15-7-4-3-5-8-15)17(23)19-12-6-9-16(21)22/h3-5,7-8H,2,6,9-14H2,1H3,(H,19,23)(H,21,22). The fourth-order valence-corrected chi connectivity index (χ4v) is 4.45. The van der Waals surface area contributed by atoms with Crippen LogP contribution >= 0.6 is 0 Å². The van der Waals surface area contributed by atoms with Crippen LogP contribution in [0.1, 0.15) is 38.2 Å². The van der Waals surface area contributed by atoms with Crippen molar-refractivity contribution in [2.45, 2.75) is 38.0 Å². The van der Waals surface area contributed by atoms with Gasteiger partial charge < -0.3 is 10.4 Å². The van der Waals surface area contributed by atoms with E-state index in [2.05, 4.69) is 5.32 Å². The van der Waals surface area contributed by atoms with Gasteiger partial charge in [0, 0.05) is 26.1 Å². The zero-order valence-electron chi connectivity index (χ0n) is 15.0. The van der Waals surface area contributed by atoms with E-state index in [9.17, 15) is 18.0 Å². The number of carbonyl (C=O) groups is 2. The summed E-state index contributed by atoms with van der Waals surface area (Å²) in [5.41, 5.74) is 0.0776. The summed E-state index contributed by atoms with van der Waals surface area (Å²) in [5.74, 6) is -1.01. The number of benzene rings is 1. The molecule has 2 N–H and O–H groups in total. The fourth-order valence-electron chi connectivity index (χ4n) is 3.34. The van der Waals surface area contributed by atoms with E-state index < -0.39 is 21.4 Å². The first-order chi connectivity index (χ1) is 12.3. The summed E-state index contributed by atoms with van der Waals surface area (Å²) in [7, 11) is -3.27. The van der Waals surface area contributed by atoms with Gasteiger partial charge in [-0.1, -0.05) is 30.3 Å². The Morgan fingerprint density at radius 3 is 2.35 bits per heavy atom. The number of amides is 1. The lowest BCUT2D eigenvalue weighted by molar-refractivity contribution is -0.137. The Morgan fingerprint density at radius 2 is 1.81 bits per heavy atom. The van der Waals surface area contributed by atoms with Crippen molar-refractivity contribution in [2.24, 2.45) is 0 Å². The molecule has 0 spiro atoms. The topological polar surface area (TPSA) is 104 Å². The third-order valence-corrected chi connectivity index (χ3v) is 6.83. The van der Waals surface area contributed by atoms with Crippen LogP contribution in [0.2, 0.25) is 0 Å². The molecule has 0 bridgehead atoms. The molecular formula is C18H26N2O5S. The molecule has 0 aromatic heterocycles. The van der Waals surface area contributed by atoms with Crippen molar-refractivity contribution in [3.05, 3.63) is 35.9 Å². The largest absolute Gasteiger partial charge is 0.481 e. The summed E-state index contributed by atoms with van der Waals surface area (Å²) >= 11 is 0. The first-order valence-electron chi connectivity index (χ1n) is 8.85. The van der Waals surface area contributed by atoms with E-state index in [1.54, 1.807) is 6.92 Å². The smallest absolute Gasteiger partial charge is 0.303 e. The lowest BCUT2D eigenvalue weighted by Gasteiger charge is -2.40. The van der Waals surface area contributed by atoms with Gasteiger partial charge in [-0.15, -0.1) is 0 Å². The maximum atomic E-state index is 13.0. The second-order valence-electron chi connectivity index (χ2n) is 6.50. The highest BCUT2D eigenvalue weighted by Crippen LogP contribution is 2.36. The van der Waals surface area contributed by atoms with Crippen molar-refractivity contribution in [3.8, 4) is 0 Å². The number of sulfonamides is 1. The summed E-state index contributed by atoms with van der Waals surface area (Å²) in [5, 5.41) is 11.6. The third kappa shape index (κ3) is 4.62. The number of aliphatic carboxylic acids is 1. The van der Waals surface area contributed by atoms with E-state index in [0.717, 1.165) is 5.56 Å². The van der Waals surface area contributed by atoms with Crippen LogP contribution in [0.15, 0.2) is 30.3 Å². The Hall–Kier alpha value is -1.93. The summed E-state index contributed by atoms with van der Waals surface area (Å²) in [6, 6.07) is 9.38. The molecule has 0 atom stereocenters. The highest BCUT2D eigenvalue weighted by Gasteiger charge is 2.44. The van der Waals surface area contributed by atoms with Crippen LogP contribution in [-0.2, 0) is 25.0 Å². The van der Waals surface area contributed by atoms with Crippen molar-refractivity contribution in [1.29, 1.82) is 0 Å². The molecule has 0 aliphatic carbocycles. The zero-order valence-corrected chi connectivity index (χ0v) is 15.8. The molecule has 1 aliphatic heterocycles. The molecule has 1 fully saturated rings. The molecule has 0 saturated carbocycles. The zero-order chi connectivity index (χ0) is 19.2. The predicted molar refractivity (Wildman–Crippen MR) is 98.3 cm³/mol. The molecule has 1 aromatic rings. The molecule has 0 radical (unpaired) electrons. The SMILES string of the molecule is CCS(=O)(=O)N1CCC(C(=O)NCCCC(=O)O)(c2ccccc2)CC1. The van der Waals surface area contributed by atoms with Crippen molar-refractivity contribution < 1.29 is 23.1 Å². The summed E-state index contributed by atoms with van der Waals surface area (Å²) in [6.45, 7) is 2.50. The van der Waals surface area contributed by atoms with Crippen molar-refractivity contribution in [3.63, 3.8) is 0 Å². The molecule has 8 heteroatoms. The van der Waals surface area contributed by atoms with E-state index >= 15 is 0 Å². The van der Waals surface area contributed by atoms with Gasteiger partial charge in [-0.05, 0) is 31.7 Å². The van der Waals surface area contributed by atoms with E-state index in [1.807, 2.05) is 30.3 Å². The van der Waals surface area contributed by atoms with Gasteiger partial charge >= 0.3 is 5.97 Å². The van der Waals surface area contributed by atoms with Gasteiger partial charge in [-0.25, -0.2) is 12.7 Å². The molecule has 2 rings (SSSR count). The first kappa shape index (κ1) is 20.4. The second-order valence-corrected chi connectivity index (χ2v) is 8.76. The molecule has 1 amide bonds. The van der Waals surface area contributed by atoms with Crippen LogP contribution in [0.3, 0.4) is 0 Å². The molecular weight excluding hydrogens is 356 g/mol. The van der Waals surface area contributed by atoms with Gasteiger partial charge in [-0.2, -0.15) is 0 Å². The molecule has 26 heavy (non-hydrogen) atoms. The summed E-state index contributed by atoms with van der Waals surface area (Å²) in [4.78, 5) is 23.6. The molecule has 0 unspecified atom stereocenters. The van der Waals surface area contributed by atoms with Crippen LogP contribution in [0.4, 0.5) is 0 Å². The first-order valence-corrected chi connectivity index (χ1v) is 10.5. The highest BCUT2D eigenvalue weighted by atomic mass is 32.2. The monoisotopic (exact) mass is 382 g/mol. The number of hydrogen-bond donors (Lipinski definition) is 2. The Bertz CT molecular complexity index is 725. The Kier molecular flexibility index (Phi) is 6.77. The van der Waals surface area contributed by atoms with Gasteiger partial charge in [-0.3, -0.25) is 9.59 Å². The average molecular weight is 382 g/mol. The molecule has 1 aromatic carbocycles. The van der Waals surface area contributed by atoms with Gasteiger partial charge in [0.2, 0.25) is 15.9 Å².